The fraction of sp³-hybridized carbons (Fsp3) is 0.571. The van der Waals surface area contributed by atoms with E-state index in [4.69, 9.17) is 0 Å². The maximum atomic E-state index is 13.3. The second-order valence-corrected chi connectivity index (χ2v) is 7.42. The molecule has 0 spiro atoms. The van der Waals surface area contributed by atoms with E-state index in [1.54, 1.807) is 13.0 Å². The molecule has 0 heterocycles. The second kappa shape index (κ2) is 7.15. The van der Waals surface area contributed by atoms with Crippen molar-refractivity contribution < 1.29 is 23.0 Å². The third-order valence-electron chi connectivity index (χ3n) is 3.59. The van der Waals surface area contributed by atoms with Gasteiger partial charge in [-0.1, -0.05) is 19.1 Å². The molecular weight excluding hydrogens is 283 g/mol. The molecule has 0 amide bonds. The summed E-state index contributed by atoms with van der Waals surface area (Å²) in [7, 11) is -3.09. The van der Waals surface area contributed by atoms with Crippen LogP contribution in [0.5, 0.6) is 0 Å². The third-order valence-corrected chi connectivity index (χ3v) is 5.38. The SMILES string of the molecule is CCS(=O)(=O)CCCC(CO)(CO)c1cccc(F)c1. The molecule has 20 heavy (non-hydrogen) atoms. The van der Waals surface area contributed by atoms with Crippen molar-refractivity contribution in [3.05, 3.63) is 35.6 Å². The summed E-state index contributed by atoms with van der Waals surface area (Å²) in [6, 6.07) is 5.68. The Labute approximate surface area is 119 Å². The van der Waals surface area contributed by atoms with E-state index in [1.807, 2.05) is 0 Å². The highest BCUT2D eigenvalue weighted by Gasteiger charge is 2.31. The van der Waals surface area contributed by atoms with Crippen molar-refractivity contribution in [2.24, 2.45) is 0 Å². The molecule has 2 N–H and O–H groups in total. The Hall–Kier alpha value is -0.980. The Kier molecular flexibility index (Phi) is 6.10. The number of hydrogen-bond acceptors (Lipinski definition) is 4. The zero-order valence-electron chi connectivity index (χ0n) is 11.5. The van der Waals surface area contributed by atoms with Crippen molar-refractivity contribution in [2.45, 2.75) is 25.2 Å². The summed E-state index contributed by atoms with van der Waals surface area (Å²) in [6.07, 6.45) is 0.594. The quantitative estimate of drug-likeness (QED) is 0.758. The molecule has 0 aliphatic rings. The molecule has 4 nitrogen and oxygen atoms in total. The highest BCUT2D eigenvalue weighted by molar-refractivity contribution is 7.91. The molecule has 0 unspecified atom stereocenters. The van der Waals surface area contributed by atoms with Gasteiger partial charge in [0.05, 0.1) is 19.0 Å². The average molecular weight is 304 g/mol. The first-order valence-corrected chi connectivity index (χ1v) is 8.39. The standard InChI is InChI=1S/C14H21FO4S/c1-2-20(18,19)8-4-7-14(10-16,11-17)12-5-3-6-13(15)9-12/h3,5-6,9,16-17H,2,4,7-8,10-11H2,1H3. The summed E-state index contributed by atoms with van der Waals surface area (Å²) < 4.78 is 36.2. The Morgan fingerprint density at radius 3 is 2.40 bits per heavy atom. The van der Waals surface area contributed by atoms with E-state index in [0.717, 1.165) is 0 Å². The predicted molar refractivity (Wildman–Crippen MR) is 75.8 cm³/mol. The van der Waals surface area contributed by atoms with Crippen molar-refractivity contribution in [3.8, 4) is 0 Å². The lowest BCUT2D eigenvalue weighted by Gasteiger charge is -2.30. The van der Waals surface area contributed by atoms with Gasteiger partial charge in [0.25, 0.3) is 0 Å². The normalized spacial score (nSPS) is 12.6. The molecule has 1 aromatic carbocycles. The molecule has 0 saturated heterocycles. The maximum Gasteiger partial charge on any atom is 0.150 e. The highest BCUT2D eigenvalue weighted by Crippen LogP contribution is 2.29. The summed E-state index contributed by atoms with van der Waals surface area (Å²) in [5.41, 5.74) is -0.526. The van der Waals surface area contributed by atoms with Gasteiger partial charge in [0.2, 0.25) is 0 Å². The maximum absolute atomic E-state index is 13.3. The van der Waals surface area contributed by atoms with Crippen molar-refractivity contribution in [1.82, 2.24) is 0 Å². The van der Waals surface area contributed by atoms with Crippen molar-refractivity contribution in [1.29, 1.82) is 0 Å². The molecule has 1 aromatic rings. The van der Waals surface area contributed by atoms with Crippen LogP contribution in [-0.4, -0.2) is 43.4 Å². The van der Waals surface area contributed by atoms with Gasteiger partial charge >= 0.3 is 0 Å². The van der Waals surface area contributed by atoms with Crippen LogP contribution in [0.25, 0.3) is 0 Å². The molecule has 0 radical (unpaired) electrons. The van der Waals surface area contributed by atoms with Gasteiger partial charge in [-0.25, -0.2) is 12.8 Å². The smallest absolute Gasteiger partial charge is 0.150 e. The minimum atomic E-state index is -3.09. The summed E-state index contributed by atoms with van der Waals surface area (Å²) in [6.45, 7) is 0.853. The first-order chi connectivity index (χ1) is 9.39. The zero-order chi connectivity index (χ0) is 15.2. The number of benzene rings is 1. The van der Waals surface area contributed by atoms with Crippen molar-refractivity contribution in [3.63, 3.8) is 0 Å². The lowest BCUT2D eigenvalue weighted by Crippen LogP contribution is -2.35. The number of hydrogen-bond donors (Lipinski definition) is 2. The van der Waals surface area contributed by atoms with Gasteiger partial charge in [-0.3, -0.25) is 0 Å². The van der Waals surface area contributed by atoms with E-state index in [1.165, 1.54) is 18.2 Å². The molecular formula is C14H21FO4S. The minimum absolute atomic E-state index is 0.000561. The van der Waals surface area contributed by atoms with Crippen LogP contribution in [-0.2, 0) is 15.3 Å². The van der Waals surface area contributed by atoms with Crippen LogP contribution in [0.4, 0.5) is 4.39 Å². The number of sulfone groups is 1. The van der Waals surface area contributed by atoms with Gasteiger partial charge in [-0.15, -0.1) is 0 Å². The summed E-state index contributed by atoms with van der Waals surface area (Å²) in [4.78, 5) is 0. The highest BCUT2D eigenvalue weighted by atomic mass is 32.2. The van der Waals surface area contributed by atoms with Gasteiger partial charge < -0.3 is 10.2 Å². The van der Waals surface area contributed by atoms with Gasteiger partial charge in [0, 0.05) is 11.2 Å². The van der Waals surface area contributed by atoms with Crippen LogP contribution in [0.3, 0.4) is 0 Å². The predicted octanol–water partition coefficient (Wildman–Crippen LogP) is 1.26. The number of aliphatic hydroxyl groups excluding tert-OH is 2. The summed E-state index contributed by atoms with van der Waals surface area (Å²) >= 11 is 0. The Morgan fingerprint density at radius 1 is 1.25 bits per heavy atom. The van der Waals surface area contributed by atoms with Crippen LogP contribution in [0, 0.1) is 5.82 Å². The van der Waals surface area contributed by atoms with Crippen LogP contribution < -0.4 is 0 Å². The van der Waals surface area contributed by atoms with E-state index in [0.29, 0.717) is 12.0 Å². The Morgan fingerprint density at radius 2 is 1.90 bits per heavy atom. The average Bonchev–Trinajstić information content (AvgIpc) is 2.44. The molecule has 114 valence electrons. The van der Waals surface area contributed by atoms with E-state index in [2.05, 4.69) is 0 Å². The molecule has 0 aromatic heterocycles. The van der Waals surface area contributed by atoms with E-state index in [-0.39, 0.29) is 31.1 Å². The van der Waals surface area contributed by atoms with Gasteiger partial charge in [0.1, 0.15) is 15.7 Å². The van der Waals surface area contributed by atoms with Crippen molar-refractivity contribution in [2.75, 3.05) is 24.7 Å². The number of rotatable bonds is 8. The first kappa shape index (κ1) is 17.1. The molecule has 6 heteroatoms. The molecule has 0 saturated carbocycles. The van der Waals surface area contributed by atoms with E-state index < -0.39 is 21.1 Å². The molecule has 0 bridgehead atoms. The Balaban J connectivity index is 2.88. The number of aliphatic hydroxyl groups is 2. The molecule has 0 fully saturated rings. The largest absolute Gasteiger partial charge is 0.395 e. The summed E-state index contributed by atoms with van der Waals surface area (Å²) in [5, 5.41) is 19.2. The Bertz CT molecular complexity index is 524. The topological polar surface area (TPSA) is 74.6 Å². The van der Waals surface area contributed by atoms with E-state index in [9.17, 15) is 23.0 Å². The van der Waals surface area contributed by atoms with E-state index >= 15 is 0 Å². The first-order valence-electron chi connectivity index (χ1n) is 6.57. The van der Waals surface area contributed by atoms with Crippen LogP contribution in [0.1, 0.15) is 25.3 Å². The van der Waals surface area contributed by atoms with Gasteiger partial charge in [-0.05, 0) is 30.5 Å². The fourth-order valence-electron chi connectivity index (χ4n) is 2.13. The summed E-state index contributed by atoms with van der Waals surface area (Å²) in [5.74, 6) is -0.381. The second-order valence-electron chi connectivity index (χ2n) is 4.95. The molecule has 1 rings (SSSR count). The van der Waals surface area contributed by atoms with Crippen LogP contribution >= 0.6 is 0 Å². The molecule has 0 aliphatic carbocycles. The molecule has 0 aliphatic heterocycles. The minimum Gasteiger partial charge on any atom is -0.395 e. The molecule has 0 atom stereocenters. The monoisotopic (exact) mass is 304 g/mol. The lowest BCUT2D eigenvalue weighted by atomic mass is 9.78. The van der Waals surface area contributed by atoms with Crippen LogP contribution in [0.15, 0.2) is 24.3 Å². The third kappa shape index (κ3) is 4.26. The fourth-order valence-corrected chi connectivity index (χ4v) is 3.00. The van der Waals surface area contributed by atoms with Gasteiger partial charge in [0.15, 0.2) is 0 Å². The zero-order valence-corrected chi connectivity index (χ0v) is 12.4. The van der Waals surface area contributed by atoms with Gasteiger partial charge in [-0.2, -0.15) is 0 Å². The number of halogens is 1. The van der Waals surface area contributed by atoms with Crippen LogP contribution in [0.2, 0.25) is 0 Å². The lowest BCUT2D eigenvalue weighted by molar-refractivity contribution is 0.108. The van der Waals surface area contributed by atoms with Crippen molar-refractivity contribution >= 4 is 9.84 Å².